The zero-order valence-electron chi connectivity index (χ0n) is 14.6. The highest BCUT2D eigenvalue weighted by Crippen LogP contribution is 2.45. The van der Waals surface area contributed by atoms with E-state index in [0.29, 0.717) is 5.75 Å². The summed E-state index contributed by atoms with van der Waals surface area (Å²) in [6.45, 7) is 4.74. The van der Waals surface area contributed by atoms with E-state index >= 15 is 0 Å². The Hall–Kier alpha value is -1.42. The van der Waals surface area contributed by atoms with Crippen LogP contribution >= 0.6 is 0 Å². The zero-order chi connectivity index (χ0) is 16.3. The van der Waals surface area contributed by atoms with E-state index in [1.165, 1.54) is 51.4 Å². The van der Waals surface area contributed by atoms with Gasteiger partial charge in [0.1, 0.15) is 5.75 Å². The summed E-state index contributed by atoms with van der Waals surface area (Å²) in [6.07, 6.45) is 11.0. The standard InChI is InChI=1S/C22H30O/c1-17-3-7-19(8-4-17)20-12-15-22(2,16-13-20)14-11-18-5-9-21(23)10-6-18/h5-6,9-10,17,19-20,23H,3-4,7-8,12-13,15-16H2,1-2H3. The molecule has 0 spiro atoms. The van der Waals surface area contributed by atoms with Crippen LogP contribution in [-0.2, 0) is 0 Å². The number of aromatic hydroxyl groups is 1. The van der Waals surface area contributed by atoms with Crippen molar-refractivity contribution in [2.24, 2.45) is 23.2 Å². The number of hydrogen-bond acceptors (Lipinski definition) is 1. The second-order valence-corrected chi connectivity index (χ2v) is 8.21. The first-order chi connectivity index (χ1) is 11.0. The fraction of sp³-hybridized carbons (Fsp3) is 0.636. The molecular formula is C22H30O. The van der Waals surface area contributed by atoms with Crippen LogP contribution in [0.15, 0.2) is 24.3 Å². The summed E-state index contributed by atoms with van der Waals surface area (Å²) in [6, 6.07) is 7.24. The van der Waals surface area contributed by atoms with Gasteiger partial charge in [-0.1, -0.05) is 31.6 Å². The van der Waals surface area contributed by atoms with Crippen molar-refractivity contribution in [3.63, 3.8) is 0 Å². The van der Waals surface area contributed by atoms with Gasteiger partial charge in [-0.05, 0) is 87.5 Å². The Morgan fingerprint density at radius 2 is 1.48 bits per heavy atom. The molecule has 3 rings (SSSR count). The first-order valence-electron chi connectivity index (χ1n) is 9.36. The molecule has 0 unspecified atom stereocenters. The Morgan fingerprint density at radius 1 is 0.913 bits per heavy atom. The molecule has 23 heavy (non-hydrogen) atoms. The van der Waals surface area contributed by atoms with E-state index in [9.17, 15) is 5.11 Å². The third-order valence-electron chi connectivity index (χ3n) is 6.24. The fourth-order valence-corrected chi connectivity index (χ4v) is 4.40. The lowest BCUT2D eigenvalue weighted by Crippen LogP contribution is -2.29. The molecule has 1 aromatic rings. The maximum Gasteiger partial charge on any atom is 0.115 e. The highest BCUT2D eigenvalue weighted by Gasteiger charge is 2.34. The largest absolute Gasteiger partial charge is 0.508 e. The zero-order valence-corrected chi connectivity index (χ0v) is 14.6. The van der Waals surface area contributed by atoms with Crippen molar-refractivity contribution in [1.29, 1.82) is 0 Å². The van der Waals surface area contributed by atoms with Crippen LogP contribution in [0.2, 0.25) is 0 Å². The lowest BCUT2D eigenvalue weighted by Gasteiger charge is -2.39. The van der Waals surface area contributed by atoms with Gasteiger partial charge < -0.3 is 5.11 Å². The molecule has 0 bridgehead atoms. The summed E-state index contributed by atoms with van der Waals surface area (Å²) in [5.41, 5.74) is 1.18. The molecule has 2 aliphatic carbocycles. The molecule has 2 aliphatic rings. The van der Waals surface area contributed by atoms with E-state index in [-0.39, 0.29) is 5.41 Å². The third-order valence-corrected chi connectivity index (χ3v) is 6.24. The van der Waals surface area contributed by atoms with Crippen molar-refractivity contribution >= 4 is 0 Å². The molecule has 0 saturated heterocycles. The smallest absolute Gasteiger partial charge is 0.115 e. The predicted octanol–water partition coefficient (Wildman–Crippen LogP) is 5.77. The van der Waals surface area contributed by atoms with Gasteiger partial charge in [-0.2, -0.15) is 0 Å². The topological polar surface area (TPSA) is 20.2 Å². The summed E-state index contributed by atoms with van der Waals surface area (Å²) in [5.74, 6) is 10.1. The van der Waals surface area contributed by atoms with Gasteiger partial charge in [-0.25, -0.2) is 0 Å². The number of benzene rings is 1. The molecule has 124 valence electrons. The monoisotopic (exact) mass is 310 g/mol. The van der Waals surface area contributed by atoms with E-state index in [0.717, 1.165) is 23.3 Å². The Labute approximate surface area is 141 Å². The second kappa shape index (κ2) is 7.00. The van der Waals surface area contributed by atoms with Crippen molar-refractivity contribution in [3.05, 3.63) is 29.8 Å². The number of hydrogen-bond donors (Lipinski definition) is 1. The van der Waals surface area contributed by atoms with Gasteiger partial charge in [0.2, 0.25) is 0 Å². The minimum absolute atomic E-state index is 0.177. The summed E-state index contributed by atoms with van der Waals surface area (Å²) in [5, 5.41) is 9.35. The molecular weight excluding hydrogens is 280 g/mol. The van der Waals surface area contributed by atoms with E-state index in [4.69, 9.17) is 0 Å². The van der Waals surface area contributed by atoms with E-state index in [1.807, 2.05) is 12.1 Å². The van der Waals surface area contributed by atoms with Crippen molar-refractivity contribution in [3.8, 4) is 17.6 Å². The first kappa shape index (κ1) is 16.4. The van der Waals surface area contributed by atoms with Crippen LogP contribution in [0.1, 0.15) is 70.8 Å². The van der Waals surface area contributed by atoms with Gasteiger partial charge in [0.25, 0.3) is 0 Å². The molecule has 0 amide bonds. The molecule has 2 fully saturated rings. The predicted molar refractivity (Wildman–Crippen MR) is 96.2 cm³/mol. The van der Waals surface area contributed by atoms with Gasteiger partial charge in [0, 0.05) is 11.0 Å². The second-order valence-electron chi connectivity index (χ2n) is 8.21. The molecule has 1 N–H and O–H groups in total. The maximum absolute atomic E-state index is 9.35. The molecule has 1 nitrogen and oxygen atoms in total. The van der Waals surface area contributed by atoms with Crippen molar-refractivity contribution in [2.45, 2.75) is 65.2 Å². The summed E-state index contributed by atoms with van der Waals surface area (Å²) in [4.78, 5) is 0. The fourth-order valence-electron chi connectivity index (χ4n) is 4.40. The lowest BCUT2D eigenvalue weighted by atomic mass is 9.65. The van der Waals surface area contributed by atoms with Crippen LogP contribution in [0, 0.1) is 35.0 Å². The minimum atomic E-state index is 0.177. The Bertz CT molecular complexity index is 558. The van der Waals surface area contributed by atoms with Crippen LogP contribution in [0.25, 0.3) is 0 Å². The van der Waals surface area contributed by atoms with Crippen LogP contribution in [0.4, 0.5) is 0 Å². The van der Waals surface area contributed by atoms with Crippen LogP contribution in [0.3, 0.4) is 0 Å². The minimum Gasteiger partial charge on any atom is -0.508 e. The van der Waals surface area contributed by atoms with Gasteiger partial charge in [-0.15, -0.1) is 0 Å². The molecule has 0 radical (unpaired) electrons. The highest BCUT2D eigenvalue weighted by atomic mass is 16.3. The summed E-state index contributed by atoms with van der Waals surface area (Å²) < 4.78 is 0. The van der Waals surface area contributed by atoms with E-state index in [2.05, 4.69) is 25.7 Å². The Balaban J connectivity index is 1.56. The van der Waals surface area contributed by atoms with Crippen molar-refractivity contribution < 1.29 is 5.11 Å². The summed E-state index contributed by atoms with van der Waals surface area (Å²) in [7, 11) is 0. The number of rotatable bonds is 1. The van der Waals surface area contributed by atoms with Crippen molar-refractivity contribution in [1.82, 2.24) is 0 Å². The molecule has 0 aliphatic heterocycles. The molecule has 1 aromatic carbocycles. The molecule has 0 atom stereocenters. The van der Waals surface area contributed by atoms with Gasteiger partial charge in [0.05, 0.1) is 0 Å². The molecule has 0 heterocycles. The average Bonchev–Trinajstić information content (AvgIpc) is 2.56. The van der Waals surface area contributed by atoms with Gasteiger partial charge in [-0.3, -0.25) is 0 Å². The molecule has 0 aromatic heterocycles. The SMILES string of the molecule is CC1CCC(C2CCC(C)(C#Cc3ccc(O)cc3)CC2)CC1. The average molecular weight is 310 g/mol. The van der Waals surface area contributed by atoms with Crippen LogP contribution in [0.5, 0.6) is 5.75 Å². The third kappa shape index (κ3) is 4.31. The summed E-state index contributed by atoms with van der Waals surface area (Å²) >= 11 is 0. The van der Waals surface area contributed by atoms with Crippen molar-refractivity contribution in [2.75, 3.05) is 0 Å². The van der Waals surface area contributed by atoms with E-state index < -0.39 is 0 Å². The quantitative estimate of drug-likeness (QED) is 0.653. The molecule has 2 saturated carbocycles. The lowest BCUT2D eigenvalue weighted by molar-refractivity contribution is 0.134. The first-order valence-corrected chi connectivity index (χ1v) is 9.36. The highest BCUT2D eigenvalue weighted by molar-refractivity contribution is 5.38. The van der Waals surface area contributed by atoms with Gasteiger partial charge in [0.15, 0.2) is 0 Å². The van der Waals surface area contributed by atoms with Crippen LogP contribution < -0.4 is 0 Å². The molecule has 1 heteroatoms. The number of phenolic OH excluding ortho intramolecular Hbond substituents is 1. The number of phenols is 1. The Kier molecular flexibility index (Phi) is 5.00. The Morgan fingerprint density at radius 3 is 2.09 bits per heavy atom. The maximum atomic E-state index is 9.35. The van der Waals surface area contributed by atoms with Crippen LogP contribution in [-0.4, -0.2) is 5.11 Å². The van der Waals surface area contributed by atoms with Gasteiger partial charge >= 0.3 is 0 Å². The normalized spacial score (nSPS) is 34.4. The van der Waals surface area contributed by atoms with E-state index in [1.54, 1.807) is 12.1 Å².